The lowest BCUT2D eigenvalue weighted by Crippen LogP contribution is -2.28. The Labute approximate surface area is 117 Å². The van der Waals surface area contributed by atoms with Crippen molar-refractivity contribution in [1.29, 1.82) is 0 Å². The molecule has 1 aromatic carbocycles. The highest BCUT2D eigenvalue weighted by Crippen LogP contribution is 2.13. The summed E-state index contributed by atoms with van der Waals surface area (Å²) in [7, 11) is 0. The molecule has 19 heavy (non-hydrogen) atoms. The van der Waals surface area contributed by atoms with Gasteiger partial charge in [0.15, 0.2) is 0 Å². The SMILES string of the molecule is CC1=CCCN(Cc2ccc(CNC(C)C)cc2)C1. The molecule has 0 radical (unpaired) electrons. The molecule has 0 unspecified atom stereocenters. The van der Waals surface area contributed by atoms with Crippen molar-refractivity contribution in [2.75, 3.05) is 13.1 Å². The summed E-state index contributed by atoms with van der Waals surface area (Å²) in [6, 6.07) is 9.58. The minimum absolute atomic E-state index is 0.544. The lowest BCUT2D eigenvalue weighted by Gasteiger charge is -2.26. The number of rotatable bonds is 5. The van der Waals surface area contributed by atoms with Gasteiger partial charge in [0, 0.05) is 32.2 Å². The van der Waals surface area contributed by atoms with Crippen LogP contribution in [0, 0.1) is 0 Å². The Morgan fingerprint density at radius 1 is 1.16 bits per heavy atom. The highest BCUT2D eigenvalue weighted by Gasteiger charge is 2.10. The smallest absolute Gasteiger partial charge is 0.0237 e. The summed E-state index contributed by atoms with van der Waals surface area (Å²) in [5.41, 5.74) is 4.29. The van der Waals surface area contributed by atoms with E-state index in [1.807, 2.05) is 0 Å². The van der Waals surface area contributed by atoms with Gasteiger partial charge in [0.2, 0.25) is 0 Å². The van der Waals surface area contributed by atoms with Crippen LogP contribution in [0.4, 0.5) is 0 Å². The van der Waals surface area contributed by atoms with Gasteiger partial charge in [-0.05, 0) is 24.5 Å². The van der Waals surface area contributed by atoms with Crippen molar-refractivity contribution >= 4 is 0 Å². The molecule has 1 aliphatic heterocycles. The molecule has 2 nitrogen and oxygen atoms in total. The molecule has 0 aliphatic carbocycles. The van der Waals surface area contributed by atoms with E-state index in [4.69, 9.17) is 0 Å². The quantitative estimate of drug-likeness (QED) is 0.815. The number of nitrogens with zero attached hydrogens (tertiary/aromatic N) is 1. The largest absolute Gasteiger partial charge is 0.310 e. The molecular formula is C17H26N2. The van der Waals surface area contributed by atoms with E-state index >= 15 is 0 Å². The Morgan fingerprint density at radius 3 is 2.47 bits per heavy atom. The Balaban J connectivity index is 1.86. The van der Waals surface area contributed by atoms with Crippen molar-refractivity contribution in [3.63, 3.8) is 0 Å². The van der Waals surface area contributed by atoms with E-state index in [1.165, 1.54) is 29.7 Å². The van der Waals surface area contributed by atoms with Crippen LogP contribution in [0.5, 0.6) is 0 Å². The zero-order valence-electron chi connectivity index (χ0n) is 12.4. The third kappa shape index (κ3) is 4.81. The third-order valence-electron chi connectivity index (χ3n) is 3.55. The van der Waals surface area contributed by atoms with E-state index < -0.39 is 0 Å². The van der Waals surface area contributed by atoms with Gasteiger partial charge < -0.3 is 5.32 Å². The van der Waals surface area contributed by atoms with Crippen molar-refractivity contribution in [1.82, 2.24) is 10.2 Å². The summed E-state index contributed by atoms with van der Waals surface area (Å²) in [5, 5.41) is 3.45. The summed E-state index contributed by atoms with van der Waals surface area (Å²) < 4.78 is 0. The molecule has 0 saturated carbocycles. The first-order valence-electron chi connectivity index (χ1n) is 7.32. The van der Waals surface area contributed by atoms with Crippen molar-refractivity contribution in [2.45, 2.75) is 46.3 Å². The second-order valence-corrected chi connectivity index (χ2v) is 5.90. The second-order valence-electron chi connectivity index (χ2n) is 5.90. The average Bonchev–Trinajstić information content (AvgIpc) is 2.38. The summed E-state index contributed by atoms with van der Waals surface area (Å²) >= 11 is 0. The van der Waals surface area contributed by atoms with Gasteiger partial charge in [-0.3, -0.25) is 4.90 Å². The molecule has 2 heteroatoms. The van der Waals surface area contributed by atoms with Gasteiger partial charge in [-0.15, -0.1) is 0 Å². The lowest BCUT2D eigenvalue weighted by atomic mass is 10.1. The Hall–Kier alpha value is -1.12. The van der Waals surface area contributed by atoms with Crippen LogP contribution in [0.25, 0.3) is 0 Å². The Kier molecular flexibility index (Phi) is 5.17. The lowest BCUT2D eigenvalue weighted by molar-refractivity contribution is 0.282. The van der Waals surface area contributed by atoms with Crippen molar-refractivity contribution in [3.05, 3.63) is 47.0 Å². The Bertz CT molecular complexity index is 417. The maximum atomic E-state index is 3.45. The third-order valence-corrected chi connectivity index (χ3v) is 3.55. The van der Waals surface area contributed by atoms with E-state index in [0.717, 1.165) is 19.6 Å². The number of hydrogen-bond acceptors (Lipinski definition) is 2. The number of hydrogen-bond donors (Lipinski definition) is 1. The first-order chi connectivity index (χ1) is 9.13. The maximum Gasteiger partial charge on any atom is 0.0237 e. The summed E-state index contributed by atoms with van der Waals surface area (Å²) in [6.45, 7) is 10.9. The molecule has 0 spiro atoms. The molecule has 0 amide bonds. The van der Waals surface area contributed by atoms with E-state index in [0.29, 0.717) is 6.04 Å². The first kappa shape index (κ1) is 14.3. The maximum absolute atomic E-state index is 3.45. The molecule has 0 atom stereocenters. The first-order valence-corrected chi connectivity index (χ1v) is 7.32. The standard InChI is InChI=1S/C17H26N2/c1-14(2)18-11-16-6-8-17(9-7-16)13-19-10-4-5-15(3)12-19/h5-9,14,18H,4,10-13H2,1-3H3. The fourth-order valence-corrected chi connectivity index (χ4v) is 2.47. The van der Waals surface area contributed by atoms with Crippen LogP contribution in [-0.4, -0.2) is 24.0 Å². The molecular weight excluding hydrogens is 232 g/mol. The topological polar surface area (TPSA) is 15.3 Å². The van der Waals surface area contributed by atoms with Crippen LogP contribution in [0.1, 0.15) is 38.3 Å². The molecule has 1 aromatic rings. The van der Waals surface area contributed by atoms with Gasteiger partial charge >= 0.3 is 0 Å². The van der Waals surface area contributed by atoms with Crippen molar-refractivity contribution < 1.29 is 0 Å². The van der Waals surface area contributed by atoms with E-state index in [-0.39, 0.29) is 0 Å². The van der Waals surface area contributed by atoms with Crippen LogP contribution < -0.4 is 5.32 Å². The monoisotopic (exact) mass is 258 g/mol. The summed E-state index contributed by atoms with van der Waals surface area (Å²) in [5.74, 6) is 0. The fourth-order valence-electron chi connectivity index (χ4n) is 2.47. The normalized spacial score (nSPS) is 16.7. The number of nitrogens with one attached hydrogen (secondary N) is 1. The van der Waals surface area contributed by atoms with Crippen LogP contribution in [0.3, 0.4) is 0 Å². The molecule has 0 bridgehead atoms. The van der Waals surface area contributed by atoms with Crippen LogP contribution in [0.15, 0.2) is 35.9 Å². The molecule has 1 heterocycles. The van der Waals surface area contributed by atoms with Crippen LogP contribution in [-0.2, 0) is 13.1 Å². The van der Waals surface area contributed by atoms with Gasteiger partial charge in [-0.1, -0.05) is 49.8 Å². The van der Waals surface area contributed by atoms with E-state index in [9.17, 15) is 0 Å². The van der Waals surface area contributed by atoms with Gasteiger partial charge in [0.1, 0.15) is 0 Å². The van der Waals surface area contributed by atoms with Crippen molar-refractivity contribution in [2.24, 2.45) is 0 Å². The molecule has 2 rings (SSSR count). The van der Waals surface area contributed by atoms with Crippen molar-refractivity contribution in [3.8, 4) is 0 Å². The molecule has 0 fully saturated rings. The highest BCUT2D eigenvalue weighted by molar-refractivity contribution is 5.23. The van der Waals surface area contributed by atoms with Gasteiger partial charge in [0.25, 0.3) is 0 Å². The summed E-state index contributed by atoms with van der Waals surface area (Å²) in [4.78, 5) is 2.52. The minimum atomic E-state index is 0.544. The predicted octanol–water partition coefficient (Wildman–Crippen LogP) is 3.34. The van der Waals surface area contributed by atoms with E-state index in [2.05, 4.69) is 61.3 Å². The van der Waals surface area contributed by atoms with Crippen LogP contribution in [0.2, 0.25) is 0 Å². The number of benzene rings is 1. The minimum Gasteiger partial charge on any atom is -0.310 e. The molecule has 0 saturated heterocycles. The fraction of sp³-hybridized carbons (Fsp3) is 0.529. The zero-order valence-corrected chi connectivity index (χ0v) is 12.4. The molecule has 0 aromatic heterocycles. The average molecular weight is 258 g/mol. The molecule has 1 N–H and O–H groups in total. The molecule has 1 aliphatic rings. The van der Waals surface area contributed by atoms with Gasteiger partial charge in [0.05, 0.1) is 0 Å². The Morgan fingerprint density at radius 2 is 1.84 bits per heavy atom. The molecule has 104 valence electrons. The predicted molar refractivity (Wildman–Crippen MR) is 82.1 cm³/mol. The van der Waals surface area contributed by atoms with E-state index in [1.54, 1.807) is 0 Å². The van der Waals surface area contributed by atoms with Gasteiger partial charge in [-0.2, -0.15) is 0 Å². The van der Waals surface area contributed by atoms with Crippen LogP contribution >= 0.6 is 0 Å². The zero-order chi connectivity index (χ0) is 13.7. The summed E-state index contributed by atoms with van der Waals surface area (Å²) in [6.07, 6.45) is 3.55. The highest BCUT2D eigenvalue weighted by atomic mass is 15.1. The van der Waals surface area contributed by atoms with Gasteiger partial charge in [-0.25, -0.2) is 0 Å². The second kappa shape index (κ2) is 6.88.